The monoisotopic (exact) mass is 462 g/mol. The molecule has 0 heterocycles. The molecule has 25 heavy (non-hydrogen) atoms. The van der Waals surface area contributed by atoms with Gasteiger partial charge < -0.3 is 20.7 Å². The Balaban J connectivity index is 0.00000576. The molecule has 3 N–H and O–H groups in total. The van der Waals surface area contributed by atoms with E-state index in [0.29, 0.717) is 18.4 Å². The van der Waals surface area contributed by atoms with Crippen LogP contribution in [0.25, 0.3) is 0 Å². The Kier molecular flexibility index (Phi) is 14.1. The maximum Gasteiger partial charge on any atom is 0.239 e. The van der Waals surface area contributed by atoms with Gasteiger partial charge in [0.05, 0.1) is 6.54 Å². The molecule has 1 aromatic carbocycles. The summed E-state index contributed by atoms with van der Waals surface area (Å²) in [5, 5.41) is 9.03. The summed E-state index contributed by atoms with van der Waals surface area (Å²) in [5.41, 5.74) is 1.08. The molecule has 0 spiro atoms. The van der Waals surface area contributed by atoms with Gasteiger partial charge in [0.15, 0.2) is 5.96 Å². The number of carbonyl (C=O) groups excluding carboxylic acids is 1. The Morgan fingerprint density at radius 3 is 2.52 bits per heavy atom. The topological polar surface area (TPSA) is 74.8 Å². The molecule has 0 fully saturated rings. The highest BCUT2D eigenvalue weighted by Crippen LogP contribution is 1.96. The molecule has 0 radical (unpaired) electrons. The van der Waals surface area contributed by atoms with Crippen molar-refractivity contribution < 1.29 is 9.53 Å². The predicted octanol–water partition coefficient (Wildman–Crippen LogP) is 2.15. The number of rotatable bonds is 10. The van der Waals surface area contributed by atoms with E-state index in [2.05, 4.69) is 34.8 Å². The highest BCUT2D eigenvalue weighted by atomic mass is 127. The second kappa shape index (κ2) is 14.9. The predicted molar refractivity (Wildman–Crippen MR) is 113 cm³/mol. The first-order chi connectivity index (χ1) is 11.6. The molecule has 6 nitrogen and oxygen atoms in total. The van der Waals surface area contributed by atoms with Crippen LogP contribution in [0.5, 0.6) is 0 Å². The Bertz CT molecular complexity index is 495. The Hall–Kier alpha value is -1.35. The number of halogens is 1. The van der Waals surface area contributed by atoms with Crippen LogP contribution >= 0.6 is 24.0 Å². The van der Waals surface area contributed by atoms with E-state index in [0.717, 1.165) is 31.7 Å². The fourth-order valence-electron chi connectivity index (χ4n) is 1.94. The van der Waals surface area contributed by atoms with Crippen molar-refractivity contribution in [3.8, 4) is 0 Å². The molecule has 0 unspecified atom stereocenters. The molecule has 0 saturated carbocycles. The van der Waals surface area contributed by atoms with Gasteiger partial charge in [0, 0.05) is 33.4 Å². The van der Waals surface area contributed by atoms with E-state index in [1.54, 1.807) is 7.05 Å². The van der Waals surface area contributed by atoms with Crippen LogP contribution in [0.15, 0.2) is 35.3 Å². The molecule has 0 aliphatic heterocycles. The van der Waals surface area contributed by atoms with Crippen LogP contribution in [0.3, 0.4) is 0 Å². The van der Waals surface area contributed by atoms with Gasteiger partial charge in [-0.05, 0) is 17.9 Å². The zero-order valence-electron chi connectivity index (χ0n) is 15.4. The largest absolute Gasteiger partial charge is 0.381 e. The van der Waals surface area contributed by atoms with Gasteiger partial charge in [0.25, 0.3) is 0 Å². The fourth-order valence-corrected chi connectivity index (χ4v) is 1.94. The summed E-state index contributed by atoms with van der Waals surface area (Å²) in [5.74, 6) is 1.11. The summed E-state index contributed by atoms with van der Waals surface area (Å²) in [6, 6.07) is 9.83. The first-order valence-electron chi connectivity index (χ1n) is 8.44. The first kappa shape index (κ1) is 23.6. The molecule has 142 valence electrons. The van der Waals surface area contributed by atoms with Gasteiger partial charge in [0.2, 0.25) is 5.91 Å². The van der Waals surface area contributed by atoms with Crippen molar-refractivity contribution in [2.24, 2.45) is 10.9 Å². The maximum atomic E-state index is 11.8. The smallest absolute Gasteiger partial charge is 0.239 e. The van der Waals surface area contributed by atoms with Crippen LogP contribution in [0.1, 0.15) is 25.8 Å². The second-order valence-electron chi connectivity index (χ2n) is 5.94. The molecule has 1 amide bonds. The van der Waals surface area contributed by atoms with Crippen LogP contribution in [0.2, 0.25) is 0 Å². The molecule has 0 aliphatic carbocycles. The fraction of sp³-hybridized carbons (Fsp3) is 0.556. The molecule has 1 aromatic rings. The number of nitrogens with zero attached hydrogens (tertiary/aromatic N) is 1. The van der Waals surface area contributed by atoms with E-state index in [-0.39, 0.29) is 36.4 Å². The summed E-state index contributed by atoms with van der Waals surface area (Å²) in [6.07, 6.45) is 0.896. The number of guanidine groups is 1. The van der Waals surface area contributed by atoms with Crippen molar-refractivity contribution in [3.05, 3.63) is 35.9 Å². The van der Waals surface area contributed by atoms with Crippen LogP contribution < -0.4 is 16.0 Å². The lowest BCUT2D eigenvalue weighted by Gasteiger charge is -2.12. The van der Waals surface area contributed by atoms with Gasteiger partial charge in [0.1, 0.15) is 0 Å². The minimum Gasteiger partial charge on any atom is -0.381 e. The maximum absolute atomic E-state index is 11.8. The zero-order valence-corrected chi connectivity index (χ0v) is 17.7. The lowest BCUT2D eigenvalue weighted by atomic mass is 10.2. The molecule has 0 aliphatic rings. The normalized spacial score (nSPS) is 11.0. The highest BCUT2D eigenvalue weighted by molar-refractivity contribution is 14.0. The quantitative estimate of drug-likeness (QED) is 0.216. The number of hydrogen-bond acceptors (Lipinski definition) is 3. The summed E-state index contributed by atoms with van der Waals surface area (Å²) < 4.78 is 5.52. The van der Waals surface area contributed by atoms with Crippen molar-refractivity contribution in [3.63, 3.8) is 0 Å². The van der Waals surface area contributed by atoms with Crippen molar-refractivity contribution in [2.75, 3.05) is 33.4 Å². The van der Waals surface area contributed by atoms with E-state index >= 15 is 0 Å². The van der Waals surface area contributed by atoms with Gasteiger partial charge in [-0.2, -0.15) is 0 Å². The molecule has 0 aromatic heterocycles. The zero-order chi connectivity index (χ0) is 17.6. The number of aliphatic imine (C=N–C) groups is 1. The third-order valence-corrected chi connectivity index (χ3v) is 3.18. The third kappa shape index (κ3) is 12.6. The van der Waals surface area contributed by atoms with E-state index in [1.165, 1.54) is 0 Å². The van der Waals surface area contributed by atoms with Crippen LogP contribution in [0.4, 0.5) is 0 Å². The molecular weight excluding hydrogens is 431 g/mol. The van der Waals surface area contributed by atoms with Gasteiger partial charge in [-0.1, -0.05) is 44.2 Å². The summed E-state index contributed by atoms with van der Waals surface area (Å²) in [6.45, 7) is 7.24. The van der Waals surface area contributed by atoms with Gasteiger partial charge in [-0.3, -0.25) is 9.79 Å². The first-order valence-corrected chi connectivity index (χ1v) is 8.44. The third-order valence-electron chi connectivity index (χ3n) is 3.18. The van der Waals surface area contributed by atoms with E-state index in [1.807, 2.05) is 30.3 Å². The van der Waals surface area contributed by atoms with Crippen LogP contribution in [-0.4, -0.2) is 45.2 Å². The molecule has 0 atom stereocenters. The van der Waals surface area contributed by atoms with Gasteiger partial charge in [-0.15, -0.1) is 24.0 Å². The lowest BCUT2D eigenvalue weighted by molar-refractivity contribution is -0.120. The highest BCUT2D eigenvalue weighted by Gasteiger charge is 2.03. The van der Waals surface area contributed by atoms with Crippen molar-refractivity contribution in [2.45, 2.75) is 26.8 Å². The van der Waals surface area contributed by atoms with Crippen molar-refractivity contribution >= 4 is 35.8 Å². The van der Waals surface area contributed by atoms with E-state index < -0.39 is 0 Å². The summed E-state index contributed by atoms with van der Waals surface area (Å²) in [4.78, 5) is 15.9. The lowest BCUT2D eigenvalue weighted by Crippen LogP contribution is -2.43. The standard InChI is InChI=1S/C18H30N4O2.HI/c1-15(2)14-24-11-7-10-20-18(19-3)22-13-17(23)21-12-16-8-5-4-6-9-16;/h4-6,8-9,15H,7,10-14H2,1-3H3,(H,21,23)(H2,19,20,22);1H. The summed E-state index contributed by atoms with van der Waals surface area (Å²) in [7, 11) is 1.69. The molecule has 0 saturated heterocycles. The number of carbonyl (C=O) groups is 1. The number of nitrogens with one attached hydrogen (secondary N) is 3. The van der Waals surface area contributed by atoms with Crippen LogP contribution in [-0.2, 0) is 16.1 Å². The average Bonchev–Trinajstić information content (AvgIpc) is 2.59. The number of benzene rings is 1. The Morgan fingerprint density at radius 2 is 1.88 bits per heavy atom. The summed E-state index contributed by atoms with van der Waals surface area (Å²) >= 11 is 0. The second-order valence-corrected chi connectivity index (χ2v) is 5.94. The Morgan fingerprint density at radius 1 is 1.16 bits per heavy atom. The molecule has 7 heteroatoms. The van der Waals surface area contributed by atoms with E-state index in [4.69, 9.17) is 4.74 Å². The SMILES string of the molecule is CN=C(NCCCOCC(C)C)NCC(=O)NCc1ccccc1.I. The van der Waals surface area contributed by atoms with Crippen LogP contribution in [0, 0.1) is 5.92 Å². The average molecular weight is 462 g/mol. The van der Waals surface area contributed by atoms with Crippen molar-refractivity contribution in [1.29, 1.82) is 0 Å². The molecule has 0 bridgehead atoms. The van der Waals surface area contributed by atoms with Crippen molar-refractivity contribution in [1.82, 2.24) is 16.0 Å². The number of amides is 1. The van der Waals surface area contributed by atoms with Gasteiger partial charge >= 0.3 is 0 Å². The number of ether oxygens (including phenoxy) is 1. The number of hydrogen-bond donors (Lipinski definition) is 3. The molecular formula is C18H31IN4O2. The minimum absolute atomic E-state index is 0. The Labute approximate surface area is 168 Å². The van der Waals surface area contributed by atoms with Gasteiger partial charge in [-0.25, -0.2) is 0 Å². The minimum atomic E-state index is -0.0675. The van der Waals surface area contributed by atoms with E-state index in [9.17, 15) is 4.79 Å². The molecule has 1 rings (SSSR count).